The van der Waals surface area contributed by atoms with Crippen molar-refractivity contribution in [2.45, 2.75) is 24.5 Å². The number of ether oxygens (including phenoxy) is 1. The summed E-state index contributed by atoms with van der Waals surface area (Å²) in [6.07, 6.45) is -0.559. The third kappa shape index (κ3) is 5.86. The van der Waals surface area contributed by atoms with E-state index in [0.717, 1.165) is 16.7 Å². The first kappa shape index (κ1) is 29.3. The summed E-state index contributed by atoms with van der Waals surface area (Å²) >= 11 is 6.47. The number of carbonyl (C=O) groups is 1. The molecule has 1 aliphatic rings. The minimum Gasteiger partial charge on any atom is -0.497 e. The number of hydrogen-bond donors (Lipinski definition) is 1. The second-order valence-corrected chi connectivity index (χ2v) is 12.7. The Bertz CT molecular complexity index is 1910. The lowest BCUT2D eigenvalue weighted by molar-refractivity contribution is 0.0968. The molecule has 5 aromatic rings. The van der Waals surface area contributed by atoms with E-state index in [-0.39, 0.29) is 16.4 Å². The highest BCUT2D eigenvalue weighted by Crippen LogP contribution is 2.43. The van der Waals surface area contributed by atoms with Crippen molar-refractivity contribution in [2.75, 3.05) is 21.6 Å². The van der Waals surface area contributed by atoms with Crippen LogP contribution in [0.5, 0.6) is 5.75 Å². The standard InChI is InChI=1S/C35H30ClN3O4S/c1-24-11-15-29(16-12-24)39-34(26-9-6-10-27(36)21-26)38(23-25-7-4-3-5-8-25)33-20-19-31(22-32(33)35(39)40)44(41,42)37-28-13-17-30(43-2)18-14-28/h3-22,34,37H,23H2,1-2H3/t34-/m0/s1. The Hall–Kier alpha value is -4.79. The smallest absolute Gasteiger partial charge is 0.262 e. The van der Waals surface area contributed by atoms with E-state index in [2.05, 4.69) is 9.62 Å². The van der Waals surface area contributed by atoms with E-state index in [4.69, 9.17) is 16.3 Å². The molecule has 0 radical (unpaired) electrons. The van der Waals surface area contributed by atoms with Crippen molar-refractivity contribution in [3.05, 3.63) is 149 Å². The molecule has 0 saturated carbocycles. The Balaban J connectivity index is 1.50. The highest BCUT2D eigenvalue weighted by atomic mass is 35.5. The zero-order valence-corrected chi connectivity index (χ0v) is 25.7. The van der Waals surface area contributed by atoms with Gasteiger partial charge in [0.2, 0.25) is 0 Å². The van der Waals surface area contributed by atoms with Gasteiger partial charge >= 0.3 is 0 Å². The molecule has 0 aromatic heterocycles. The molecule has 44 heavy (non-hydrogen) atoms. The van der Waals surface area contributed by atoms with E-state index in [1.165, 1.54) is 12.1 Å². The fourth-order valence-electron chi connectivity index (χ4n) is 5.40. The fraction of sp³-hybridized carbons (Fsp3) is 0.114. The number of amides is 1. The number of halogens is 1. The van der Waals surface area contributed by atoms with Crippen molar-refractivity contribution in [3.8, 4) is 5.75 Å². The van der Waals surface area contributed by atoms with Gasteiger partial charge in [-0.2, -0.15) is 0 Å². The summed E-state index contributed by atoms with van der Waals surface area (Å²) < 4.78 is 34.9. The van der Waals surface area contributed by atoms with Gasteiger partial charge in [0.1, 0.15) is 11.9 Å². The number of hydrogen-bond acceptors (Lipinski definition) is 5. The van der Waals surface area contributed by atoms with Gasteiger partial charge in [-0.1, -0.05) is 71.8 Å². The molecule has 1 amide bonds. The van der Waals surface area contributed by atoms with Crippen molar-refractivity contribution < 1.29 is 17.9 Å². The van der Waals surface area contributed by atoms with Crippen molar-refractivity contribution in [1.29, 1.82) is 0 Å². The number of sulfonamides is 1. The van der Waals surface area contributed by atoms with E-state index < -0.39 is 16.2 Å². The summed E-state index contributed by atoms with van der Waals surface area (Å²) in [6, 6.07) is 36.4. The molecule has 0 aliphatic carbocycles. The van der Waals surface area contributed by atoms with Gasteiger partial charge in [-0.05, 0) is 84.8 Å². The predicted molar refractivity (Wildman–Crippen MR) is 175 cm³/mol. The third-order valence-corrected chi connectivity index (χ3v) is 9.19. The summed E-state index contributed by atoms with van der Waals surface area (Å²) in [4.78, 5) is 18.3. The lowest BCUT2D eigenvalue weighted by Crippen LogP contribution is -2.49. The number of carbonyl (C=O) groups excluding carboxylic acids is 1. The minimum absolute atomic E-state index is 0.0230. The Morgan fingerprint density at radius 3 is 2.25 bits per heavy atom. The predicted octanol–water partition coefficient (Wildman–Crippen LogP) is 7.82. The highest BCUT2D eigenvalue weighted by molar-refractivity contribution is 7.92. The van der Waals surface area contributed by atoms with Gasteiger partial charge in [0.15, 0.2) is 0 Å². The van der Waals surface area contributed by atoms with Crippen LogP contribution in [-0.2, 0) is 16.6 Å². The molecular weight excluding hydrogens is 594 g/mol. The van der Waals surface area contributed by atoms with Crippen LogP contribution in [0.3, 0.4) is 0 Å². The van der Waals surface area contributed by atoms with E-state index >= 15 is 0 Å². The summed E-state index contributed by atoms with van der Waals surface area (Å²) in [5.41, 5.74) is 4.86. The van der Waals surface area contributed by atoms with Crippen molar-refractivity contribution in [3.63, 3.8) is 0 Å². The van der Waals surface area contributed by atoms with Gasteiger partial charge < -0.3 is 9.64 Å². The number of anilines is 3. The van der Waals surface area contributed by atoms with Gasteiger partial charge in [-0.3, -0.25) is 14.4 Å². The Labute approximate surface area is 262 Å². The van der Waals surface area contributed by atoms with E-state index in [1.807, 2.05) is 79.7 Å². The first-order valence-electron chi connectivity index (χ1n) is 14.0. The Morgan fingerprint density at radius 2 is 1.57 bits per heavy atom. The topological polar surface area (TPSA) is 78.9 Å². The first-order valence-corrected chi connectivity index (χ1v) is 15.9. The quantitative estimate of drug-likeness (QED) is 0.191. The number of aryl methyl sites for hydroxylation is 1. The van der Waals surface area contributed by atoms with Gasteiger partial charge in [-0.25, -0.2) is 8.42 Å². The number of benzene rings is 5. The summed E-state index contributed by atoms with van der Waals surface area (Å²) in [7, 11) is -2.48. The Kier molecular flexibility index (Phi) is 8.03. The number of rotatable bonds is 8. The zero-order chi connectivity index (χ0) is 30.8. The lowest BCUT2D eigenvalue weighted by Gasteiger charge is -2.46. The van der Waals surface area contributed by atoms with Gasteiger partial charge in [0.05, 0.1) is 23.3 Å². The molecule has 5 aromatic carbocycles. The molecule has 1 N–H and O–H groups in total. The molecule has 222 valence electrons. The van der Waals surface area contributed by atoms with E-state index in [0.29, 0.717) is 34.4 Å². The number of fused-ring (bicyclic) bond motifs is 1. The summed E-state index contributed by atoms with van der Waals surface area (Å²) in [5, 5.41) is 0.551. The third-order valence-electron chi connectivity index (χ3n) is 7.57. The highest BCUT2D eigenvalue weighted by Gasteiger charge is 2.40. The van der Waals surface area contributed by atoms with Crippen LogP contribution in [0.25, 0.3) is 0 Å². The summed E-state index contributed by atoms with van der Waals surface area (Å²) in [6.45, 7) is 2.44. The fourth-order valence-corrected chi connectivity index (χ4v) is 6.68. The normalized spacial score (nSPS) is 14.7. The molecule has 1 aliphatic heterocycles. The maximum atomic E-state index is 14.5. The molecule has 9 heteroatoms. The van der Waals surface area contributed by atoms with E-state index in [1.54, 1.807) is 48.4 Å². The van der Waals surface area contributed by atoms with Gasteiger partial charge in [0.25, 0.3) is 15.9 Å². The van der Waals surface area contributed by atoms with Crippen molar-refractivity contribution in [2.24, 2.45) is 0 Å². The van der Waals surface area contributed by atoms with Crippen LogP contribution < -0.4 is 19.3 Å². The molecular formula is C35H30ClN3O4S. The molecule has 0 saturated heterocycles. The molecule has 6 rings (SSSR count). The number of methoxy groups -OCH3 is 1. The van der Waals surface area contributed by atoms with Gasteiger partial charge in [0, 0.05) is 22.9 Å². The van der Waals surface area contributed by atoms with Crippen LogP contribution in [0, 0.1) is 6.92 Å². The molecule has 0 unspecified atom stereocenters. The van der Waals surface area contributed by atoms with Gasteiger partial charge in [-0.15, -0.1) is 0 Å². The largest absolute Gasteiger partial charge is 0.497 e. The Morgan fingerprint density at radius 1 is 0.841 bits per heavy atom. The first-order chi connectivity index (χ1) is 21.2. The zero-order valence-electron chi connectivity index (χ0n) is 24.1. The molecule has 0 bridgehead atoms. The van der Waals surface area contributed by atoms with Crippen LogP contribution in [0.1, 0.15) is 33.2 Å². The number of nitrogens with one attached hydrogen (secondary N) is 1. The molecule has 1 atom stereocenters. The number of nitrogens with zero attached hydrogens (tertiary/aromatic N) is 2. The second kappa shape index (κ2) is 12.1. The van der Waals surface area contributed by atoms with Crippen molar-refractivity contribution >= 4 is 44.6 Å². The van der Waals surface area contributed by atoms with Crippen LogP contribution >= 0.6 is 11.6 Å². The van der Waals surface area contributed by atoms with Crippen molar-refractivity contribution in [1.82, 2.24) is 0 Å². The summed E-state index contributed by atoms with van der Waals surface area (Å²) in [5.74, 6) is 0.288. The lowest BCUT2D eigenvalue weighted by atomic mass is 9.99. The minimum atomic E-state index is -4.02. The van der Waals surface area contributed by atoms with E-state index in [9.17, 15) is 13.2 Å². The maximum absolute atomic E-state index is 14.5. The average molecular weight is 624 g/mol. The van der Waals surface area contributed by atoms with Crippen LogP contribution in [0.4, 0.5) is 17.1 Å². The second-order valence-electron chi connectivity index (χ2n) is 10.6. The van der Waals surface area contributed by atoms with Crippen LogP contribution in [0.2, 0.25) is 5.02 Å². The molecule has 7 nitrogen and oxygen atoms in total. The maximum Gasteiger partial charge on any atom is 0.262 e. The van der Waals surface area contributed by atoms with Crippen LogP contribution in [-0.4, -0.2) is 21.4 Å². The molecule has 1 heterocycles. The monoisotopic (exact) mass is 623 g/mol. The molecule has 0 spiro atoms. The SMILES string of the molecule is COc1ccc(NS(=O)(=O)c2ccc3c(c2)C(=O)N(c2ccc(C)cc2)[C@@H](c2cccc(Cl)c2)N3Cc2ccccc2)cc1. The van der Waals surface area contributed by atoms with Crippen LogP contribution in [0.15, 0.2) is 126 Å². The molecule has 0 fully saturated rings. The average Bonchev–Trinajstić information content (AvgIpc) is 3.03.